The zero-order valence-corrected chi connectivity index (χ0v) is 16.1. The van der Waals surface area contributed by atoms with E-state index in [9.17, 15) is 26.8 Å². The number of halogens is 2. The third-order valence-corrected chi connectivity index (χ3v) is 5.48. The van der Waals surface area contributed by atoms with Gasteiger partial charge in [-0.25, -0.2) is 26.3 Å². The summed E-state index contributed by atoms with van der Waals surface area (Å²) in [6, 6.07) is 6.79. The quantitative estimate of drug-likeness (QED) is 0.735. The highest BCUT2D eigenvalue weighted by atomic mass is 32.2. The van der Waals surface area contributed by atoms with Gasteiger partial charge in [0.1, 0.15) is 11.6 Å². The van der Waals surface area contributed by atoms with Crippen molar-refractivity contribution in [2.45, 2.75) is 11.8 Å². The van der Waals surface area contributed by atoms with Crippen molar-refractivity contribution in [1.82, 2.24) is 4.31 Å². The van der Waals surface area contributed by atoms with Crippen LogP contribution in [-0.2, 0) is 19.6 Å². The Hall–Kier alpha value is -2.85. The molecule has 0 unspecified atom stereocenters. The van der Waals surface area contributed by atoms with Gasteiger partial charge in [-0.3, -0.25) is 4.79 Å². The first-order chi connectivity index (χ1) is 13.0. The van der Waals surface area contributed by atoms with Gasteiger partial charge >= 0.3 is 5.97 Å². The van der Waals surface area contributed by atoms with Crippen LogP contribution in [0.1, 0.15) is 15.9 Å². The zero-order valence-electron chi connectivity index (χ0n) is 15.3. The molecule has 0 aliphatic carbocycles. The molecule has 0 fully saturated rings. The zero-order chi connectivity index (χ0) is 21.1. The number of benzene rings is 2. The minimum atomic E-state index is -3.89. The van der Waals surface area contributed by atoms with Crippen molar-refractivity contribution >= 4 is 27.6 Å². The van der Waals surface area contributed by atoms with Crippen molar-refractivity contribution in [3.8, 4) is 0 Å². The molecule has 0 atom stereocenters. The predicted octanol–water partition coefficient (Wildman–Crippen LogP) is 2.32. The maximum absolute atomic E-state index is 13.9. The molecule has 10 heteroatoms. The molecule has 1 N–H and O–H groups in total. The van der Waals surface area contributed by atoms with Crippen molar-refractivity contribution < 1.29 is 31.5 Å². The van der Waals surface area contributed by atoms with E-state index in [2.05, 4.69) is 5.32 Å². The lowest BCUT2D eigenvalue weighted by atomic mass is 10.2. The lowest BCUT2D eigenvalue weighted by molar-refractivity contribution is -0.119. The number of carbonyl (C=O) groups excluding carboxylic acids is 2. The second kappa shape index (κ2) is 8.44. The molecular weight excluding hydrogens is 394 g/mol. The molecule has 7 nitrogen and oxygen atoms in total. The maximum atomic E-state index is 13.9. The van der Waals surface area contributed by atoms with Crippen LogP contribution in [0, 0.1) is 18.6 Å². The van der Waals surface area contributed by atoms with Gasteiger partial charge in [0.05, 0.1) is 16.1 Å². The summed E-state index contributed by atoms with van der Waals surface area (Å²) < 4.78 is 57.4. The number of nitrogens with one attached hydrogen (secondary N) is 1. The summed E-state index contributed by atoms with van der Waals surface area (Å²) in [5, 5.41) is 2.22. The highest BCUT2D eigenvalue weighted by Crippen LogP contribution is 2.19. The topological polar surface area (TPSA) is 92.8 Å². The summed E-state index contributed by atoms with van der Waals surface area (Å²) in [6.45, 7) is 0.867. The molecule has 0 saturated heterocycles. The Bertz CT molecular complexity index is 1020. The molecule has 28 heavy (non-hydrogen) atoms. The molecular formula is C18H18F2N2O5S. The van der Waals surface area contributed by atoms with Crippen LogP contribution in [0.5, 0.6) is 0 Å². The van der Waals surface area contributed by atoms with Gasteiger partial charge in [0.15, 0.2) is 6.61 Å². The van der Waals surface area contributed by atoms with Crippen LogP contribution < -0.4 is 5.32 Å². The highest BCUT2D eigenvalue weighted by Gasteiger charge is 2.22. The Labute approximate surface area is 161 Å². The molecule has 0 saturated carbocycles. The van der Waals surface area contributed by atoms with E-state index in [4.69, 9.17) is 4.74 Å². The molecule has 0 heterocycles. The van der Waals surface area contributed by atoms with Crippen molar-refractivity contribution in [3.63, 3.8) is 0 Å². The fourth-order valence-electron chi connectivity index (χ4n) is 2.15. The van der Waals surface area contributed by atoms with E-state index in [0.717, 1.165) is 22.5 Å². The average Bonchev–Trinajstić information content (AvgIpc) is 2.62. The van der Waals surface area contributed by atoms with Gasteiger partial charge in [-0.15, -0.1) is 0 Å². The molecule has 0 bridgehead atoms. The Morgan fingerprint density at radius 3 is 2.36 bits per heavy atom. The summed E-state index contributed by atoms with van der Waals surface area (Å²) in [7, 11) is -1.33. The number of amides is 1. The van der Waals surface area contributed by atoms with Crippen LogP contribution in [-0.4, -0.2) is 45.3 Å². The monoisotopic (exact) mass is 412 g/mol. The van der Waals surface area contributed by atoms with E-state index in [-0.39, 0.29) is 10.6 Å². The number of esters is 1. The molecule has 0 aliphatic heterocycles. The average molecular weight is 412 g/mol. The van der Waals surface area contributed by atoms with Gasteiger partial charge < -0.3 is 10.1 Å². The van der Waals surface area contributed by atoms with Gasteiger partial charge in [0, 0.05) is 14.1 Å². The minimum Gasteiger partial charge on any atom is -0.452 e. The molecule has 0 spiro atoms. The summed E-state index contributed by atoms with van der Waals surface area (Å²) in [4.78, 5) is 23.6. The number of carbonyl (C=O) groups is 2. The fraction of sp³-hybridized carbons (Fsp3) is 0.222. The largest absolute Gasteiger partial charge is 0.452 e. The van der Waals surface area contributed by atoms with Crippen molar-refractivity contribution in [2.75, 3.05) is 26.0 Å². The summed E-state index contributed by atoms with van der Waals surface area (Å²) in [5.41, 5.74) is -0.0842. The Kier molecular flexibility index (Phi) is 6.47. The number of rotatable bonds is 6. The van der Waals surface area contributed by atoms with Crippen LogP contribution in [0.4, 0.5) is 14.5 Å². The highest BCUT2D eigenvalue weighted by molar-refractivity contribution is 7.89. The number of hydrogen-bond donors (Lipinski definition) is 1. The fourth-order valence-corrected chi connectivity index (χ4v) is 3.08. The molecule has 0 aromatic heterocycles. The number of nitrogens with zero attached hydrogens (tertiary/aromatic N) is 1. The molecule has 0 aliphatic rings. The Balaban J connectivity index is 2.09. The van der Waals surface area contributed by atoms with Gasteiger partial charge in [-0.1, -0.05) is 6.07 Å². The first-order valence-corrected chi connectivity index (χ1v) is 9.41. The van der Waals surface area contributed by atoms with Crippen molar-refractivity contribution in [1.29, 1.82) is 0 Å². The first kappa shape index (κ1) is 21.5. The number of hydrogen-bond acceptors (Lipinski definition) is 5. The van der Waals surface area contributed by atoms with Crippen molar-refractivity contribution in [3.05, 3.63) is 59.2 Å². The lowest BCUT2D eigenvalue weighted by Gasteiger charge is -2.12. The third-order valence-electron chi connectivity index (χ3n) is 3.67. The predicted molar refractivity (Wildman–Crippen MR) is 97.3 cm³/mol. The van der Waals surface area contributed by atoms with Crippen LogP contribution in [0.15, 0.2) is 41.3 Å². The van der Waals surface area contributed by atoms with E-state index in [1.54, 1.807) is 13.0 Å². The lowest BCUT2D eigenvalue weighted by Crippen LogP contribution is -2.24. The molecule has 2 aromatic rings. The maximum Gasteiger partial charge on any atom is 0.341 e. The second-order valence-corrected chi connectivity index (χ2v) is 8.19. The number of anilines is 1. The number of sulfonamides is 1. The SMILES string of the molecule is Cc1ccc(NC(=O)COC(=O)c2cc(S(=O)(=O)N(C)C)ccc2F)c(F)c1. The second-order valence-electron chi connectivity index (χ2n) is 6.04. The third kappa shape index (κ3) is 4.90. The number of aryl methyl sites for hydroxylation is 1. The van der Waals surface area contributed by atoms with E-state index >= 15 is 0 Å². The van der Waals surface area contributed by atoms with Gasteiger partial charge in [-0.2, -0.15) is 0 Å². The van der Waals surface area contributed by atoms with Crippen LogP contribution in [0.3, 0.4) is 0 Å². The van der Waals surface area contributed by atoms with Crippen LogP contribution in [0.2, 0.25) is 0 Å². The molecule has 150 valence electrons. The van der Waals surface area contributed by atoms with Gasteiger partial charge in [0.2, 0.25) is 10.0 Å². The number of ether oxygens (including phenoxy) is 1. The summed E-state index contributed by atoms with van der Waals surface area (Å²) >= 11 is 0. The minimum absolute atomic E-state index is 0.100. The summed E-state index contributed by atoms with van der Waals surface area (Å²) in [6.07, 6.45) is 0. The van der Waals surface area contributed by atoms with E-state index in [1.165, 1.54) is 26.2 Å². The molecule has 0 radical (unpaired) electrons. The first-order valence-electron chi connectivity index (χ1n) is 7.97. The molecule has 2 rings (SSSR count). The van der Waals surface area contributed by atoms with E-state index < -0.39 is 45.7 Å². The Morgan fingerprint density at radius 1 is 1.07 bits per heavy atom. The van der Waals surface area contributed by atoms with Crippen LogP contribution >= 0.6 is 0 Å². The smallest absolute Gasteiger partial charge is 0.341 e. The van der Waals surface area contributed by atoms with Crippen molar-refractivity contribution in [2.24, 2.45) is 0 Å². The van der Waals surface area contributed by atoms with Gasteiger partial charge in [-0.05, 0) is 42.8 Å². The van der Waals surface area contributed by atoms with E-state index in [1.807, 2.05) is 0 Å². The van der Waals surface area contributed by atoms with Crippen LogP contribution in [0.25, 0.3) is 0 Å². The van der Waals surface area contributed by atoms with E-state index in [0.29, 0.717) is 5.56 Å². The molecule has 2 aromatic carbocycles. The standard InChI is InChI=1S/C18H18F2N2O5S/c1-11-4-7-16(15(20)8-11)21-17(23)10-27-18(24)13-9-12(5-6-14(13)19)28(25,26)22(2)3/h4-9H,10H2,1-3H3,(H,21,23). The molecule has 1 amide bonds. The van der Waals surface area contributed by atoms with Gasteiger partial charge in [0.25, 0.3) is 5.91 Å². The normalized spacial score (nSPS) is 11.4. The Morgan fingerprint density at radius 2 is 1.75 bits per heavy atom. The summed E-state index contributed by atoms with van der Waals surface area (Å²) in [5.74, 6) is -3.73.